The van der Waals surface area contributed by atoms with Gasteiger partial charge >= 0.3 is 5.69 Å². The molecule has 5 heterocycles. The first-order valence-electron chi connectivity index (χ1n) is 12.1. The average Bonchev–Trinajstić information content (AvgIpc) is 3.70. The van der Waals surface area contributed by atoms with Gasteiger partial charge in [0.1, 0.15) is 6.10 Å². The number of rotatable bonds is 5. The third kappa shape index (κ3) is 4.01. The zero-order valence-electron chi connectivity index (χ0n) is 19.6. The molecule has 9 nitrogen and oxygen atoms in total. The molecule has 0 saturated carbocycles. The van der Waals surface area contributed by atoms with Crippen molar-refractivity contribution in [3.05, 3.63) is 82.5 Å². The van der Waals surface area contributed by atoms with Crippen molar-refractivity contribution in [3.8, 4) is 34.1 Å². The molecule has 2 saturated heterocycles. The van der Waals surface area contributed by atoms with Crippen molar-refractivity contribution in [2.24, 2.45) is 0 Å². The van der Waals surface area contributed by atoms with Gasteiger partial charge in [-0.3, -0.25) is 4.57 Å². The number of benzene rings is 2. The minimum Gasteiger partial charge on any atom is -0.456 e. The summed E-state index contributed by atoms with van der Waals surface area (Å²) in [5.74, 6) is 0. The Kier molecular flexibility index (Phi) is 5.35. The van der Waals surface area contributed by atoms with E-state index >= 15 is 0 Å². The summed E-state index contributed by atoms with van der Waals surface area (Å²) >= 11 is 6.60. The van der Waals surface area contributed by atoms with Gasteiger partial charge in [-0.15, -0.1) is 0 Å². The molecule has 37 heavy (non-hydrogen) atoms. The van der Waals surface area contributed by atoms with Crippen LogP contribution >= 0.6 is 11.6 Å². The van der Waals surface area contributed by atoms with E-state index in [0.717, 1.165) is 28.8 Å². The van der Waals surface area contributed by atoms with Crippen LogP contribution in [0.4, 0.5) is 0 Å². The molecule has 2 aliphatic heterocycles. The van der Waals surface area contributed by atoms with E-state index in [4.69, 9.17) is 30.8 Å². The summed E-state index contributed by atoms with van der Waals surface area (Å²) in [7, 11) is 0. The number of halogens is 1. The van der Waals surface area contributed by atoms with Crippen LogP contribution in [-0.2, 0) is 9.47 Å². The van der Waals surface area contributed by atoms with Crippen LogP contribution in [0, 0.1) is 0 Å². The first kappa shape index (κ1) is 22.3. The molecule has 7 rings (SSSR count). The Morgan fingerprint density at radius 3 is 2.51 bits per heavy atom. The van der Waals surface area contributed by atoms with Gasteiger partial charge in [-0.2, -0.15) is 4.98 Å². The Labute approximate surface area is 216 Å². The predicted octanol–water partition coefficient (Wildman–Crippen LogP) is 4.36. The highest BCUT2D eigenvalue weighted by atomic mass is 35.5. The van der Waals surface area contributed by atoms with E-state index < -0.39 is 0 Å². The predicted molar refractivity (Wildman–Crippen MR) is 138 cm³/mol. The van der Waals surface area contributed by atoms with Crippen LogP contribution in [0.5, 0.6) is 6.01 Å². The SMILES string of the molecule is O=c1[nH]ccn1-c1ccc(-c2ccc(-c3nc4nc(OC5CO[C@@H]6CCO[C@H]56)[nH]c4cc3Cl)cc2)cc1. The number of hydrogen-bond donors (Lipinski definition) is 2. The molecule has 0 aliphatic carbocycles. The second kappa shape index (κ2) is 8.88. The van der Waals surface area contributed by atoms with Gasteiger partial charge in [0.25, 0.3) is 6.01 Å². The van der Waals surface area contributed by atoms with Crippen LogP contribution in [0.2, 0.25) is 5.02 Å². The number of nitrogens with one attached hydrogen (secondary N) is 2. The summed E-state index contributed by atoms with van der Waals surface area (Å²) in [6, 6.07) is 18.0. The van der Waals surface area contributed by atoms with Crippen LogP contribution in [-0.4, -0.2) is 56.0 Å². The van der Waals surface area contributed by atoms with Crippen molar-refractivity contribution in [1.82, 2.24) is 24.5 Å². The third-order valence-electron chi connectivity index (χ3n) is 6.87. The average molecular weight is 516 g/mol. The van der Waals surface area contributed by atoms with Gasteiger partial charge in [0.2, 0.25) is 0 Å². The van der Waals surface area contributed by atoms with Gasteiger partial charge in [0.05, 0.1) is 34.6 Å². The second-order valence-electron chi connectivity index (χ2n) is 9.14. The highest BCUT2D eigenvalue weighted by Gasteiger charge is 2.43. The van der Waals surface area contributed by atoms with Crippen LogP contribution in [0.25, 0.3) is 39.2 Å². The van der Waals surface area contributed by atoms with E-state index in [-0.39, 0.29) is 24.0 Å². The standard InChI is InChI=1S/C27H22ClN5O4/c28-19-13-20-25(32-26(30-20)37-22-14-36-21-9-12-35-24(21)22)31-23(19)17-3-1-15(2-4-17)16-5-7-18(8-6-16)33-11-10-29-27(33)34/h1-8,10-11,13,21-22,24H,9,12,14H2,(H,29,34)(H,30,31,32)/t21-,22?,24+/m1/s1. The van der Waals surface area contributed by atoms with Gasteiger partial charge in [-0.25, -0.2) is 9.78 Å². The maximum Gasteiger partial charge on any atom is 0.330 e. The first-order valence-corrected chi connectivity index (χ1v) is 12.4. The van der Waals surface area contributed by atoms with E-state index in [2.05, 4.69) is 15.0 Å². The summed E-state index contributed by atoms with van der Waals surface area (Å²) in [6.07, 6.45) is 4.05. The Hall–Kier alpha value is -3.92. The van der Waals surface area contributed by atoms with Gasteiger partial charge in [0, 0.05) is 24.6 Å². The first-order chi connectivity index (χ1) is 18.1. The Bertz CT molecular complexity index is 1640. The van der Waals surface area contributed by atoms with Crippen molar-refractivity contribution in [2.75, 3.05) is 13.2 Å². The summed E-state index contributed by atoms with van der Waals surface area (Å²) in [4.78, 5) is 26.9. The number of aromatic amines is 2. The van der Waals surface area contributed by atoms with Gasteiger partial charge in [-0.05, 0) is 35.7 Å². The second-order valence-corrected chi connectivity index (χ2v) is 9.55. The molecule has 2 aliphatic rings. The highest BCUT2D eigenvalue weighted by Crippen LogP contribution is 2.33. The quantitative estimate of drug-likeness (QED) is 0.360. The number of pyridine rings is 1. The number of H-pyrrole nitrogens is 2. The number of hydrogen-bond acceptors (Lipinski definition) is 6. The molecular weight excluding hydrogens is 494 g/mol. The molecule has 2 N–H and O–H groups in total. The van der Waals surface area contributed by atoms with Gasteiger partial charge in [-0.1, -0.05) is 48.0 Å². The number of imidazole rings is 2. The van der Waals surface area contributed by atoms with Crippen LogP contribution in [0.15, 0.2) is 71.8 Å². The largest absolute Gasteiger partial charge is 0.456 e. The third-order valence-corrected chi connectivity index (χ3v) is 7.16. The monoisotopic (exact) mass is 515 g/mol. The highest BCUT2D eigenvalue weighted by molar-refractivity contribution is 6.33. The lowest BCUT2D eigenvalue weighted by molar-refractivity contribution is 0.0273. The summed E-state index contributed by atoms with van der Waals surface area (Å²) in [5.41, 5.74) is 5.45. The minimum atomic E-state index is -0.200. The molecular formula is C27H22ClN5O4. The van der Waals surface area contributed by atoms with Crippen LogP contribution in [0.1, 0.15) is 6.42 Å². The molecule has 5 aromatic rings. The number of aromatic nitrogens is 5. The van der Waals surface area contributed by atoms with Crippen LogP contribution < -0.4 is 10.4 Å². The van der Waals surface area contributed by atoms with E-state index in [9.17, 15) is 4.79 Å². The van der Waals surface area contributed by atoms with Crippen LogP contribution in [0.3, 0.4) is 0 Å². The lowest BCUT2D eigenvalue weighted by Gasteiger charge is -2.15. The topological polar surface area (TPSA) is 107 Å². The van der Waals surface area contributed by atoms with Crippen molar-refractivity contribution in [3.63, 3.8) is 0 Å². The molecule has 2 fully saturated rings. The van der Waals surface area contributed by atoms with E-state index in [1.165, 1.54) is 0 Å². The minimum absolute atomic E-state index is 0.0633. The molecule has 186 valence electrons. The van der Waals surface area contributed by atoms with E-state index in [1.54, 1.807) is 17.0 Å². The molecule has 0 spiro atoms. The molecule has 3 aromatic heterocycles. The Balaban J connectivity index is 1.12. The van der Waals surface area contributed by atoms with Gasteiger partial charge in [0.15, 0.2) is 11.8 Å². The van der Waals surface area contributed by atoms with E-state index in [0.29, 0.717) is 41.1 Å². The maximum absolute atomic E-state index is 11.8. The number of fused-ring (bicyclic) bond motifs is 2. The fraction of sp³-hybridized carbons (Fsp3) is 0.222. The molecule has 1 unspecified atom stereocenters. The number of ether oxygens (including phenoxy) is 3. The molecule has 0 amide bonds. The molecule has 10 heteroatoms. The summed E-state index contributed by atoms with van der Waals surface area (Å²) in [6.45, 7) is 1.17. The lowest BCUT2D eigenvalue weighted by Crippen LogP contribution is -2.32. The molecule has 0 radical (unpaired) electrons. The zero-order valence-corrected chi connectivity index (χ0v) is 20.3. The molecule has 0 bridgehead atoms. The zero-order chi connectivity index (χ0) is 24.9. The molecule has 3 atom stereocenters. The van der Waals surface area contributed by atoms with E-state index in [1.807, 2.05) is 54.6 Å². The number of nitrogens with zero attached hydrogens (tertiary/aromatic N) is 3. The summed E-state index contributed by atoms with van der Waals surface area (Å²) in [5, 5.41) is 0.514. The maximum atomic E-state index is 11.8. The van der Waals surface area contributed by atoms with Crippen molar-refractivity contribution < 1.29 is 14.2 Å². The van der Waals surface area contributed by atoms with Crippen molar-refractivity contribution in [1.29, 1.82) is 0 Å². The lowest BCUT2D eigenvalue weighted by atomic mass is 10.0. The van der Waals surface area contributed by atoms with Crippen molar-refractivity contribution >= 4 is 22.8 Å². The fourth-order valence-electron chi connectivity index (χ4n) is 4.99. The van der Waals surface area contributed by atoms with Gasteiger partial charge < -0.3 is 24.2 Å². The smallest absolute Gasteiger partial charge is 0.330 e. The molecule has 2 aromatic carbocycles. The Morgan fingerprint density at radius 1 is 1.00 bits per heavy atom. The normalized spacial score (nSPS) is 20.9. The fourth-order valence-corrected chi connectivity index (χ4v) is 5.25. The Morgan fingerprint density at radius 2 is 1.76 bits per heavy atom. The van der Waals surface area contributed by atoms with Crippen molar-refractivity contribution in [2.45, 2.75) is 24.7 Å². The summed E-state index contributed by atoms with van der Waals surface area (Å²) < 4.78 is 19.1.